The van der Waals surface area contributed by atoms with Crippen LogP contribution in [0.2, 0.25) is 0 Å². The van der Waals surface area contributed by atoms with Crippen LogP contribution in [-0.4, -0.2) is 39.7 Å². The van der Waals surface area contributed by atoms with Crippen LogP contribution in [0.25, 0.3) is 0 Å². The summed E-state index contributed by atoms with van der Waals surface area (Å²) >= 11 is 0. The summed E-state index contributed by atoms with van der Waals surface area (Å²) in [4.78, 5) is 32.2. The van der Waals surface area contributed by atoms with Crippen molar-refractivity contribution >= 4 is 17.6 Å². The highest BCUT2D eigenvalue weighted by Crippen LogP contribution is 2.21. The van der Waals surface area contributed by atoms with Crippen molar-refractivity contribution in [2.45, 2.75) is 13.0 Å². The molecule has 9 heteroatoms. The van der Waals surface area contributed by atoms with E-state index in [0.717, 1.165) is 6.07 Å². The first kappa shape index (κ1) is 15.5. The molecule has 0 heterocycles. The first-order chi connectivity index (χ1) is 9.27. The summed E-state index contributed by atoms with van der Waals surface area (Å²) in [7, 11) is 0. The Morgan fingerprint density at radius 2 is 2.10 bits per heavy atom. The summed E-state index contributed by atoms with van der Waals surface area (Å²) in [6.07, 6.45) is 0. The number of nitrogens with one attached hydrogen (secondary N) is 1. The fourth-order valence-corrected chi connectivity index (χ4v) is 1.44. The lowest BCUT2D eigenvalue weighted by atomic mass is 10.1. The maximum atomic E-state index is 13.8. The monoisotopic (exact) mass is 286 g/mol. The normalized spacial score (nSPS) is 11.8. The number of halogens is 1. The molecule has 1 atom stereocenters. The van der Waals surface area contributed by atoms with Crippen LogP contribution in [0.4, 0.5) is 10.1 Å². The fourth-order valence-electron chi connectivity index (χ4n) is 1.44. The van der Waals surface area contributed by atoms with Gasteiger partial charge in [0, 0.05) is 12.1 Å². The van der Waals surface area contributed by atoms with Crippen LogP contribution in [0.3, 0.4) is 0 Å². The van der Waals surface area contributed by atoms with Crippen molar-refractivity contribution in [1.29, 1.82) is 0 Å². The van der Waals surface area contributed by atoms with Crippen LogP contribution in [0.1, 0.15) is 15.9 Å². The van der Waals surface area contributed by atoms with E-state index in [0.29, 0.717) is 6.07 Å². The van der Waals surface area contributed by atoms with Gasteiger partial charge in [0.1, 0.15) is 5.82 Å². The van der Waals surface area contributed by atoms with Crippen LogP contribution in [0.5, 0.6) is 0 Å². The van der Waals surface area contributed by atoms with Crippen molar-refractivity contribution in [2.24, 2.45) is 0 Å². The zero-order valence-electron chi connectivity index (χ0n) is 10.3. The van der Waals surface area contributed by atoms with Crippen molar-refractivity contribution in [2.75, 3.05) is 6.61 Å². The number of hydrogen-bond acceptors (Lipinski definition) is 5. The van der Waals surface area contributed by atoms with Crippen LogP contribution in [-0.2, 0) is 4.79 Å². The molecule has 0 aliphatic rings. The molecule has 8 nitrogen and oxygen atoms in total. The van der Waals surface area contributed by atoms with Crippen LogP contribution in [0.15, 0.2) is 12.1 Å². The number of aryl methyl sites for hydroxylation is 1. The molecule has 0 spiro atoms. The van der Waals surface area contributed by atoms with Crippen molar-refractivity contribution in [3.05, 3.63) is 39.2 Å². The molecule has 20 heavy (non-hydrogen) atoms. The molecule has 1 amide bonds. The number of hydrogen-bond donors (Lipinski definition) is 3. The van der Waals surface area contributed by atoms with Gasteiger partial charge in [0.2, 0.25) is 0 Å². The second-order valence-electron chi connectivity index (χ2n) is 3.93. The molecule has 108 valence electrons. The minimum Gasteiger partial charge on any atom is -0.480 e. The molecule has 0 aromatic heterocycles. The van der Waals surface area contributed by atoms with Gasteiger partial charge in [-0.15, -0.1) is 0 Å². The van der Waals surface area contributed by atoms with Gasteiger partial charge in [-0.1, -0.05) is 0 Å². The quantitative estimate of drug-likeness (QED) is 0.524. The van der Waals surface area contributed by atoms with Gasteiger partial charge in [-0.2, -0.15) is 0 Å². The summed E-state index contributed by atoms with van der Waals surface area (Å²) < 4.78 is 13.8. The minimum atomic E-state index is -1.62. The second-order valence-corrected chi connectivity index (χ2v) is 3.93. The van der Waals surface area contributed by atoms with Crippen LogP contribution in [0, 0.1) is 22.9 Å². The van der Waals surface area contributed by atoms with Crippen LogP contribution < -0.4 is 5.32 Å². The number of nitro groups is 1. The Morgan fingerprint density at radius 3 is 2.55 bits per heavy atom. The maximum Gasteiger partial charge on any atom is 0.328 e. The topological polar surface area (TPSA) is 130 Å². The van der Waals surface area contributed by atoms with Gasteiger partial charge in [-0.25, -0.2) is 9.18 Å². The zero-order valence-corrected chi connectivity index (χ0v) is 10.3. The Labute approximate surface area is 112 Å². The van der Waals surface area contributed by atoms with E-state index in [-0.39, 0.29) is 5.56 Å². The van der Waals surface area contributed by atoms with Gasteiger partial charge in [0.05, 0.1) is 17.1 Å². The molecule has 0 fully saturated rings. The number of nitrogens with zero attached hydrogens (tertiary/aromatic N) is 1. The Balaban J connectivity index is 3.15. The molecule has 0 radical (unpaired) electrons. The number of amides is 1. The molecule has 1 unspecified atom stereocenters. The molecular formula is C11H11FN2O6. The molecule has 0 aliphatic heterocycles. The molecule has 0 bridgehead atoms. The summed E-state index contributed by atoms with van der Waals surface area (Å²) in [5.41, 5.74) is -1.28. The number of benzene rings is 1. The fraction of sp³-hybridized carbons (Fsp3) is 0.273. The van der Waals surface area contributed by atoms with E-state index in [2.05, 4.69) is 0 Å². The zero-order chi connectivity index (χ0) is 15.4. The van der Waals surface area contributed by atoms with E-state index >= 15 is 0 Å². The molecule has 0 saturated carbocycles. The molecular weight excluding hydrogens is 275 g/mol. The number of aliphatic hydroxyl groups excluding tert-OH is 1. The summed E-state index contributed by atoms with van der Waals surface area (Å²) in [6, 6.07) is 0.0299. The number of aliphatic carboxylic acids is 1. The third-order valence-corrected chi connectivity index (χ3v) is 2.48. The van der Waals surface area contributed by atoms with Gasteiger partial charge >= 0.3 is 5.97 Å². The highest BCUT2D eigenvalue weighted by atomic mass is 19.1. The Hall–Kier alpha value is -2.55. The van der Waals surface area contributed by atoms with Crippen molar-refractivity contribution < 1.29 is 29.1 Å². The first-order valence-electron chi connectivity index (χ1n) is 5.37. The Kier molecular flexibility index (Phi) is 4.70. The van der Waals surface area contributed by atoms with Gasteiger partial charge in [0.25, 0.3) is 11.6 Å². The highest BCUT2D eigenvalue weighted by molar-refractivity contribution is 5.97. The standard InChI is InChI=1S/C11H11FN2O6/c1-5-2-6(14(19)20)3-7(9(5)12)10(16)13-8(4-15)11(17)18/h2-3,8,15H,4H2,1H3,(H,13,16)(H,17,18). The minimum absolute atomic E-state index is 0.125. The van der Waals surface area contributed by atoms with E-state index in [4.69, 9.17) is 10.2 Å². The van der Waals surface area contributed by atoms with Crippen molar-refractivity contribution in [3.63, 3.8) is 0 Å². The second kappa shape index (κ2) is 6.06. The smallest absolute Gasteiger partial charge is 0.328 e. The third kappa shape index (κ3) is 3.26. The molecule has 0 saturated heterocycles. The van der Waals surface area contributed by atoms with Crippen molar-refractivity contribution in [1.82, 2.24) is 5.32 Å². The molecule has 1 rings (SSSR count). The van der Waals surface area contributed by atoms with Crippen LogP contribution >= 0.6 is 0 Å². The number of rotatable bonds is 5. The highest BCUT2D eigenvalue weighted by Gasteiger charge is 2.24. The average Bonchev–Trinajstić information content (AvgIpc) is 2.37. The lowest BCUT2D eigenvalue weighted by Gasteiger charge is -2.12. The summed E-state index contributed by atoms with van der Waals surface area (Å²) in [5, 5.41) is 29.9. The SMILES string of the molecule is Cc1cc([N+](=O)[O-])cc(C(=O)NC(CO)C(=O)O)c1F. The summed E-state index contributed by atoms with van der Waals surface area (Å²) in [6.45, 7) is 0.344. The van der Waals surface area contributed by atoms with E-state index in [1.54, 1.807) is 0 Å². The van der Waals surface area contributed by atoms with Gasteiger partial charge < -0.3 is 15.5 Å². The first-order valence-corrected chi connectivity index (χ1v) is 5.37. The Morgan fingerprint density at radius 1 is 1.50 bits per heavy atom. The Bertz CT molecular complexity index is 574. The van der Waals surface area contributed by atoms with Gasteiger partial charge in [0.15, 0.2) is 6.04 Å². The molecule has 1 aromatic carbocycles. The molecule has 1 aromatic rings. The van der Waals surface area contributed by atoms with E-state index in [9.17, 15) is 24.1 Å². The predicted molar refractivity (Wildman–Crippen MR) is 63.8 cm³/mol. The van der Waals surface area contributed by atoms with E-state index in [1.807, 2.05) is 5.32 Å². The number of carbonyl (C=O) groups excluding carboxylic acids is 1. The number of nitro benzene ring substituents is 1. The average molecular weight is 286 g/mol. The summed E-state index contributed by atoms with van der Waals surface area (Å²) in [5.74, 6) is -3.66. The number of carbonyl (C=O) groups is 2. The molecule has 3 N–H and O–H groups in total. The van der Waals surface area contributed by atoms with E-state index in [1.165, 1.54) is 6.92 Å². The van der Waals surface area contributed by atoms with E-state index < -0.39 is 46.5 Å². The lowest BCUT2D eigenvalue weighted by molar-refractivity contribution is -0.385. The number of carboxylic acid groups (broad SMARTS) is 1. The maximum absolute atomic E-state index is 13.8. The van der Waals surface area contributed by atoms with Crippen molar-refractivity contribution in [3.8, 4) is 0 Å². The number of aliphatic hydroxyl groups is 1. The number of carboxylic acids is 1. The number of non-ortho nitro benzene ring substituents is 1. The third-order valence-electron chi connectivity index (χ3n) is 2.48. The molecule has 0 aliphatic carbocycles. The lowest BCUT2D eigenvalue weighted by Crippen LogP contribution is -2.43. The van der Waals surface area contributed by atoms with Gasteiger partial charge in [-0.3, -0.25) is 14.9 Å². The predicted octanol–water partition coefficient (Wildman–Crippen LogP) is 0.218. The largest absolute Gasteiger partial charge is 0.480 e. The van der Waals surface area contributed by atoms with Gasteiger partial charge in [-0.05, 0) is 12.5 Å².